The lowest BCUT2D eigenvalue weighted by Gasteiger charge is -2.10. The number of furan rings is 1. The van der Waals surface area contributed by atoms with Crippen molar-refractivity contribution in [2.75, 3.05) is 13.1 Å². The SMILES string of the molecule is O=C(NCCNC(=O)c1ccccc1CSc1nc2ccccc2o1)c1ccco1. The van der Waals surface area contributed by atoms with Gasteiger partial charge in [-0.2, -0.15) is 0 Å². The molecule has 0 bridgehead atoms. The van der Waals surface area contributed by atoms with Gasteiger partial charge in [-0.15, -0.1) is 0 Å². The normalized spacial score (nSPS) is 10.8. The van der Waals surface area contributed by atoms with Crippen LogP contribution in [-0.2, 0) is 5.75 Å². The molecule has 0 saturated heterocycles. The maximum Gasteiger partial charge on any atom is 0.287 e. The molecular weight excluding hydrogens is 402 g/mol. The standard InChI is InChI=1S/C22H19N3O4S/c26-20(23-11-12-24-21(27)19-10-5-13-28-19)16-7-2-1-6-15(16)14-30-22-25-17-8-3-4-9-18(17)29-22/h1-10,13H,11-12,14H2,(H,23,26)(H,24,27). The highest BCUT2D eigenvalue weighted by molar-refractivity contribution is 7.98. The molecule has 4 rings (SSSR count). The van der Waals surface area contributed by atoms with E-state index in [0.717, 1.165) is 16.7 Å². The zero-order valence-electron chi connectivity index (χ0n) is 16.0. The Bertz CT molecular complexity index is 1120. The number of thioether (sulfide) groups is 1. The van der Waals surface area contributed by atoms with Crippen molar-refractivity contribution in [2.45, 2.75) is 11.0 Å². The Kier molecular flexibility index (Phi) is 6.14. The van der Waals surface area contributed by atoms with Crippen molar-refractivity contribution < 1.29 is 18.4 Å². The summed E-state index contributed by atoms with van der Waals surface area (Å²) < 4.78 is 10.8. The second kappa shape index (κ2) is 9.32. The predicted octanol–water partition coefficient (Wildman–Crippen LogP) is 3.87. The molecule has 0 aliphatic heterocycles. The Morgan fingerprint density at radius 2 is 1.67 bits per heavy atom. The maximum atomic E-state index is 12.6. The van der Waals surface area contributed by atoms with E-state index < -0.39 is 0 Å². The molecule has 0 unspecified atom stereocenters. The number of fused-ring (bicyclic) bond motifs is 1. The van der Waals surface area contributed by atoms with E-state index in [1.54, 1.807) is 18.2 Å². The molecule has 2 heterocycles. The minimum Gasteiger partial charge on any atom is -0.459 e. The summed E-state index contributed by atoms with van der Waals surface area (Å²) >= 11 is 1.44. The quantitative estimate of drug-likeness (QED) is 0.331. The number of amides is 2. The van der Waals surface area contributed by atoms with Crippen LogP contribution < -0.4 is 10.6 Å². The fourth-order valence-electron chi connectivity index (χ4n) is 2.86. The van der Waals surface area contributed by atoms with Crippen molar-refractivity contribution in [1.82, 2.24) is 15.6 Å². The summed E-state index contributed by atoms with van der Waals surface area (Å²) in [6, 6.07) is 18.2. The fraction of sp³-hybridized carbons (Fsp3) is 0.136. The predicted molar refractivity (Wildman–Crippen MR) is 113 cm³/mol. The zero-order chi connectivity index (χ0) is 20.8. The number of benzene rings is 2. The molecule has 0 aliphatic carbocycles. The van der Waals surface area contributed by atoms with Crippen LogP contribution in [0.2, 0.25) is 0 Å². The minimum atomic E-state index is -0.315. The van der Waals surface area contributed by atoms with Gasteiger partial charge in [0.25, 0.3) is 17.0 Å². The van der Waals surface area contributed by atoms with E-state index in [-0.39, 0.29) is 17.6 Å². The number of carbonyl (C=O) groups is 2. The first kappa shape index (κ1) is 19.8. The molecule has 0 radical (unpaired) electrons. The number of nitrogens with one attached hydrogen (secondary N) is 2. The van der Waals surface area contributed by atoms with Gasteiger partial charge in [-0.3, -0.25) is 9.59 Å². The number of hydrogen-bond acceptors (Lipinski definition) is 6. The van der Waals surface area contributed by atoms with Crippen molar-refractivity contribution in [2.24, 2.45) is 0 Å². The van der Waals surface area contributed by atoms with Gasteiger partial charge in [0.2, 0.25) is 0 Å². The number of carbonyl (C=O) groups excluding carboxylic acids is 2. The third-order valence-corrected chi connectivity index (χ3v) is 5.21. The van der Waals surface area contributed by atoms with Crippen molar-refractivity contribution in [3.8, 4) is 0 Å². The van der Waals surface area contributed by atoms with Crippen molar-refractivity contribution in [3.05, 3.63) is 83.8 Å². The van der Waals surface area contributed by atoms with Gasteiger partial charge in [0.15, 0.2) is 11.3 Å². The first-order valence-corrected chi connectivity index (χ1v) is 10.4. The lowest BCUT2D eigenvalue weighted by molar-refractivity contribution is 0.0910. The molecule has 0 atom stereocenters. The van der Waals surface area contributed by atoms with Crippen molar-refractivity contribution in [3.63, 3.8) is 0 Å². The Morgan fingerprint density at radius 1 is 0.900 bits per heavy atom. The number of hydrogen-bond donors (Lipinski definition) is 2. The third kappa shape index (κ3) is 4.72. The maximum absolute atomic E-state index is 12.6. The fourth-order valence-corrected chi connectivity index (χ4v) is 3.70. The lowest BCUT2D eigenvalue weighted by atomic mass is 10.1. The van der Waals surface area contributed by atoms with Gasteiger partial charge in [0, 0.05) is 24.4 Å². The van der Waals surface area contributed by atoms with E-state index >= 15 is 0 Å². The average Bonchev–Trinajstić information content (AvgIpc) is 3.45. The molecule has 0 aliphatic rings. The number of rotatable bonds is 8. The summed E-state index contributed by atoms with van der Waals surface area (Å²) in [5, 5.41) is 6.08. The lowest BCUT2D eigenvalue weighted by Crippen LogP contribution is -2.34. The molecule has 2 amide bonds. The summed E-state index contributed by atoms with van der Waals surface area (Å²) in [6.07, 6.45) is 1.44. The van der Waals surface area contributed by atoms with Crippen LogP contribution in [0.15, 0.2) is 81.0 Å². The van der Waals surface area contributed by atoms with Crippen molar-refractivity contribution in [1.29, 1.82) is 0 Å². The van der Waals surface area contributed by atoms with Crippen LogP contribution in [0.5, 0.6) is 0 Å². The van der Waals surface area contributed by atoms with Crippen LogP contribution >= 0.6 is 11.8 Å². The molecule has 0 saturated carbocycles. The van der Waals surface area contributed by atoms with Crippen LogP contribution in [0, 0.1) is 0 Å². The second-order valence-corrected chi connectivity index (χ2v) is 7.31. The van der Waals surface area contributed by atoms with E-state index in [2.05, 4.69) is 15.6 Å². The van der Waals surface area contributed by atoms with Gasteiger partial charge in [-0.1, -0.05) is 42.1 Å². The minimum absolute atomic E-state index is 0.198. The molecule has 7 nitrogen and oxygen atoms in total. The van der Waals surface area contributed by atoms with E-state index in [9.17, 15) is 9.59 Å². The topological polar surface area (TPSA) is 97.4 Å². The first-order valence-electron chi connectivity index (χ1n) is 9.37. The molecule has 4 aromatic rings. The Balaban J connectivity index is 1.31. The second-order valence-electron chi connectivity index (χ2n) is 6.38. The third-order valence-electron chi connectivity index (χ3n) is 4.33. The highest BCUT2D eigenvalue weighted by Gasteiger charge is 2.13. The summed E-state index contributed by atoms with van der Waals surface area (Å²) in [7, 11) is 0. The molecular formula is C22H19N3O4S. The summed E-state index contributed by atoms with van der Waals surface area (Å²) in [4.78, 5) is 28.9. The monoisotopic (exact) mass is 421 g/mol. The number of para-hydroxylation sites is 2. The zero-order valence-corrected chi connectivity index (χ0v) is 16.8. The molecule has 30 heavy (non-hydrogen) atoms. The highest BCUT2D eigenvalue weighted by Crippen LogP contribution is 2.27. The summed E-state index contributed by atoms with van der Waals surface area (Å²) in [5.41, 5.74) is 3.01. The molecule has 152 valence electrons. The van der Waals surface area contributed by atoms with Crippen LogP contribution in [0.3, 0.4) is 0 Å². The summed E-state index contributed by atoms with van der Waals surface area (Å²) in [5.74, 6) is 0.273. The Morgan fingerprint density at radius 3 is 2.47 bits per heavy atom. The Labute approximate surface area is 176 Å². The van der Waals surface area contributed by atoms with Gasteiger partial charge in [-0.25, -0.2) is 4.98 Å². The molecule has 2 aromatic carbocycles. The van der Waals surface area contributed by atoms with Gasteiger partial charge in [0.05, 0.1) is 6.26 Å². The van der Waals surface area contributed by atoms with Crippen LogP contribution in [0.1, 0.15) is 26.5 Å². The van der Waals surface area contributed by atoms with E-state index in [4.69, 9.17) is 8.83 Å². The number of oxazole rings is 1. The number of nitrogens with zero attached hydrogens (tertiary/aromatic N) is 1. The van der Waals surface area contributed by atoms with Gasteiger partial charge < -0.3 is 19.5 Å². The van der Waals surface area contributed by atoms with Gasteiger partial charge >= 0.3 is 0 Å². The summed E-state index contributed by atoms with van der Waals surface area (Å²) in [6.45, 7) is 0.600. The largest absolute Gasteiger partial charge is 0.459 e. The van der Waals surface area contributed by atoms with Crippen LogP contribution in [0.25, 0.3) is 11.1 Å². The van der Waals surface area contributed by atoms with Crippen LogP contribution in [-0.4, -0.2) is 29.9 Å². The van der Waals surface area contributed by atoms with E-state index in [1.165, 1.54) is 18.0 Å². The highest BCUT2D eigenvalue weighted by atomic mass is 32.2. The van der Waals surface area contributed by atoms with Crippen LogP contribution in [0.4, 0.5) is 0 Å². The molecule has 2 N–H and O–H groups in total. The number of aromatic nitrogens is 1. The average molecular weight is 421 g/mol. The first-order chi connectivity index (χ1) is 14.7. The molecule has 0 fully saturated rings. The molecule has 8 heteroatoms. The Hall–Kier alpha value is -3.52. The van der Waals surface area contributed by atoms with E-state index in [1.807, 2.05) is 42.5 Å². The molecule has 0 spiro atoms. The smallest absolute Gasteiger partial charge is 0.287 e. The van der Waals surface area contributed by atoms with Gasteiger partial charge in [-0.05, 0) is 35.9 Å². The van der Waals surface area contributed by atoms with E-state index in [0.29, 0.717) is 29.6 Å². The van der Waals surface area contributed by atoms with Gasteiger partial charge in [0.1, 0.15) is 5.52 Å². The molecule has 2 aromatic heterocycles. The van der Waals surface area contributed by atoms with Crippen molar-refractivity contribution >= 4 is 34.7 Å².